The number of halogens is 1. The van der Waals surface area contributed by atoms with Gasteiger partial charge in [0.2, 0.25) is 35.5 Å². The van der Waals surface area contributed by atoms with E-state index in [-0.39, 0.29) is 41.9 Å². The summed E-state index contributed by atoms with van der Waals surface area (Å²) in [5, 5.41) is 58.1. The molecule has 5 amide bonds. The number of ether oxygens (including phenoxy) is 1. The molecule has 1 saturated carbocycles. The summed E-state index contributed by atoms with van der Waals surface area (Å²) in [6.07, 6.45) is 2.86. The fraction of sp³-hybridized carbons (Fsp3) is 0.565. The third-order valence-electron chi connectivity index (χ3n) is 10.5. The van der Waals surface area contributed by atoms with E-state index in [2.05, 4.69) is 26.6 Å². The standard InChI is InChI=1S/C17H31N5O5.C16H17FN2O2.C11H14O4S.C2H6O/c1-6-18-16(26)12(5)21-17(27)13(7-10(2)3)22-14(24)8-19-15(25)11(4)20-9-23;17-12-7-11-13(8-14(12)18-5-1-2-6-18)19(10-3-4-10)9-15(20)16(11)21;1-6-2-4-7(5-3-6)16-11-9(13)8(12)10(14)15-11;1-2-3/h9-13H,6-8H2,1-5H3,(H,18,26)(H,19,25)(H,20,23)(H,21,27)(H,22,24);7-10,20H,1-6H2;2-5,8-14H,1H3;3H,2H2,1H3/t11-,12?,13-;;;/m0.../s1. The number of aliphatic hydroxyl groups is 4. The largest absolute Gasteiger partial charge is 0.503 e. The summed E-state index contributed by atoms with van der Waals surface area (Å²) < 4.78 is 21.3. The first kappa shape index (κ1) is 56.0. The Morgan fingerprint density at radius 2 is 1.52 bits per heavy atom. The zero-order valence-corrected chi connectivity index (χ0v) is 40.0. The minimum atomic E-state index is -1.31. The number of nitrogens with one attached hydrogen (secondary N) is 5. The van der Waals surface area contributed by atoms with Crippen LogP contribution in [0.1, 0.15) is 85.3 Å². The second-order valence-electron chi connectivity index (χ2n) is 16.7. The van der Waals surface area contributed by atoms with Crippen LogP contribution < -0.4 is 36.9 Å². The van der Waals surface area contributed by atoms with Crippen molar-refractivity contribution in [1.82, 2.24) is 31.2 Å². The van der Waals surface area contributed by atoms with E-state index in [0.29, 0.717) is 31.1 Å². The monoisotopic (exact) mass is 961 g/mol. The number of benzene rings is 2. The first-order valence-corrected chi connectivity index (χ1v) is 23.3. The number of amides is 5. The van der Waals surface area contributed by atoms with Crippen LogP contribution in [-0.2, 0) is 28.7 Å². The maximum absolute atomic E-state index is 14.4. The van der Waals surface area contributed by atoms with E-state index in [9.17, 15) is 53.6 Å². The first-order valence-electron chi connectivity index (χ1n) is 22.5. The van der Waals surface area contributed by atoms with Gasteiger partial charge in [-0.3, -0.25) is 28.8 Å². The number of aromatic nitrogens is 1. The van der Waals surface area contributed by atoms with Crippen LogP contribution in [0.25, 0.3) is 10.9 Å². The Balaban J connectivity index is 0.000000265. The van der Waals surface area contributed by atoms with Crippen LogP contribution in [0.4, 0.5) is 10.1 Å². The topological polar surface area (TPSA) is 281 Å². The molecule has 0 radical (unpaired) electrons. The predicted molar refractivity (Wildman–Crippen MR) is 252 cm³/mol. The van der Waals surface area contributed by atoms with Gasteiger partial charge in [-0.2, -0.15) is 0 Å². The molecule has 2 aromatic carbocycles. The van der Waals surface area contributed by atoms with Gasteiger partial charge in [-0.25, -0.2) is 4.39 Å². The second kappa shape index (κ2) is 27.5. The van der Waals surface area contributed by atoms with Gasteiger partial charge in [0.25, 0.3) is 0 Å². The predicted octanol–water partition coefficient (Wildman–Crippen LogP) is 1.67. The van der Waals surface area contributed by atoms with Gasteiger partial charge in [0.05, 0.1) is 29.3 Å². The quantitative estimate of drug-likeness (QED) is 0.0916. The Bertz CT molecular complexity index is 2150. The van der Waals surface area contributed by atoms with Crippen LogP contribution in [0.3, 0.4) is 0 Å². The van der Waals surface area contributed by atoms with Crippen LogP contribution in [0.15, 0.2) is 52.3 Å². The number of pyridine rings is 1. The number of aliphatic hydroxyl groups excluding tert-OH is 4. The molecule has 6 rings (SSSR count). The third-order valence-corrected chi connectivity index (χ3v) is 11.7. The van der Waals surface area contributed by atoms with Crippen molar-refractivity contribution >= 4 is 58.4 Å². The van der Waals surface area contributed by atoms with E-state index in [4.69, 9.17) is 9.84 Å². The Morgan fingerprint density at radius 1 is 0.910 bits per heavy atom. The highest BCUT2D eigenvalue weighted by atomic mass is 32.2. The highest BCUT2D eigenvalue weighted by Crippen LogP contribution is 2.39. The van der Waals surface area contributed by atoms with Crippen molar-refractivity contribution in [1.29, 1.82) is 0 Å². The minimum absolute atomic E-state index is 0.118. The van der Waals surface area contributed by atoms with E-state index >= 15 is 0 Å². The lowest BCUT2D eigenvalue weighted by Gasteiger charge is -2.22. The average Bonchev–Trinajstić information content (AvgIpc) is 3.93. The van der Waals surface area contributed by atoms with Crippen molar-refractivity contribution in [2.24, 2.45) is 5.92 Å². The molecular formula is C46H68FN7O12S. The number of aromatic hydroxyl groups is 1. The molecule has 19 nitrogen and oxygen atoms in total. The van der Waals surface area contributed by atoms with Gasteiger partial charge in [0.1, 0.15) is 41.6 Å². The maximum Gasteiger partial charge on any atom is 0.243 e. The number of aryl methyl sites for hydroxylation is 1. The molecule has 3 aliphatic rings. The zero-order chi connectivity index (χ0) is 50.0. The second-order valence-corrected chi connectivity index (χ2v) is 17.9. The van der Waals surface area contributed by atoms with Crippen LogP contribution in [-0.4, -0.2) is 135 Å². The number of carbonyl (C=O) groups excluding carboxylic acids is 5. The molecule has 0 spiro atoms. The number of nitrogens with zero attached hydrogens (tertiary/aromatic N) is 2. The first-order chi connectivity index (χ1) is 31.8. The number of hydrogen-bond acceptors (Lipinski definition) is 14. The van der Waals surface area contributed by atoms with Crippen molar-refractivity contribution in [3.05, 3.63) is 64.2 Å². The molecule has 10 N–H and O–H groups in total. The van der Waals surface area contributed by atoms with Crippen LogP contribution in [0.5, 0.6) is 5.75 Å². The molecule has 3 aromatic rings. The van der Waals surface area contributed by atoms with Gasteiger partial charge in [-0.15, -0.1) is 0 Å². The molecule has 2 aliphatic heterocycles. The number of rotatable bonds is 16. The Kier molecular flexibility index (Phi) is 23.0. The molecule has 7 atom stereocenters. The van der Waals surface area contributed by atoms with Gasteiger partial charge < -0.3 is 66.3 Å². The van der Waals surface area contributed by atoms with Gasteiger partial charge in [-0.1, -0.05) is 43.3 Å². The molecule has 3 fully saturated rings. The van der Waals surface area contributed by atoms with Crippen molar-refractivity contribution < 1.29 is 58.6 Å². The normalized spacial score (nSPS) is 19.8. The minimum Gasteiger partial charge on any atom is -0.503 e. The van der Waals surface area contributed by atoms with E-state index in [1.54, 1.807) is 26.8 Å². The van der Waals surface area contributed by atoms with Crippen molar-refractivity contribution in [2.75, 3.05) is 37.7 Å². The molecule has 5 unspecified atom stereocenters. The Hall–Kier alpha value is -5.32. The lowest BCUT2D eigenvalue weighted by Crippen LogP contribution is -2.54. The Labute approximate surface area is 394 Å². The summed E-state index contributed by atoms with van der Waals surface area (Å²) in [7, 11) is 0. The smallest absolute Gasteiger partial charge is 0.243 e. The van der Waals surface area contributed by atoms with Crippen molar-refractivity contribution in [2.45, 2.75) is 134 Å². The van der Waals surface area contributed by atoms with Crippen molar-refractivity contribution in [3.63, 3.8) is 0 Å². The number of hydrogen-bond donors (Lipinski definition) is 10. The SMILES string of the molecule is CCNC(=O)C(C)NC(=O)[C@H](CC(C)C)NC(=O)CNC(=O)[C@H](C)NC=O.CCO.Cc1ccc(SC2OC(O)C(O)C2O)cc1.O=c1c(O)cn(C2CC2)c2cc(N3CCCC3)c(F)cc12. The van der Waals surface area contributed by atoms with E-state index in [1.807, 2.05) is 54.5 Å². The molecule has 1 aromatic heterocycles. The lowest BCUT2D eigenvalue weighted by atomic mass is 10.0. The summed E-state index contributed by atoms with van der Waals surface area (Å²) in [4.78, 5) is 73.3. The van der Waals surface area contributed by atoms with Crippen molar-refractivity contribution in [3.8, 4) is 5.75 Å². The maximum atomic E-state index is 14.4. The number of anilines is 1. The number of likely N-dealkylation sites (N-methyl/N-ethyl adjacent to an activating group) is 1. The lowest BCUT2D eigenvalue weighted by molar-refractivity contribution is -0.132. The highest BCUT2D eigenvalue weighted by molar-refractivity contribution is 7.99. The van der Waals surface area contributed by atoms with Crippen LogP contribution in [0.2, 0.25) is 0 Å². The molecule has 3 heterocycles. The fourth-order valence-corrected chi connectivity index (χ4v) is 7.86. The summed E-state index contributed by atoms with van der Waals surface area (Å²) >= 11 is 1.28. The van der Waals surface area contributed by atoms with Gasteiger partial charge in [0, 0.05) is 37.2 Å². The number of carbonyl (C=O) groups is 5. The molecular weight excluding hydrogens is 894 g/mol. The van der Waals surface area contributed by atoms with Gasteiger partial charge >= 0.3 is 0 Å². The molecule has 1 aliphatic carbocycles. The van der Waals surface area contributed by atoms with Gasteiger partial charge in [0.15, 0.2) is 12.0 Å². The molecule has 2 saturated heterocycles. The summed E-state index contributed by atoms with van der Waals surface area (Å²) in [6.45, 7) is 14.3. The molecule has 0 bridgehead atoms. The highest BCUT2D eigenvalue weighted by Gasteiger charge is 2.42. The summed E-state index contributed by atoms with van der Waals surface area (Å²) in [5.41, 5.74) is 1.32. The number of thioether (sulfide) groups is 1. The van der Waals surface area contributed by atoms with Crippen LogP contribution in [0, 0.1) is 18.7 Å². The summed E-state index contributed by atoms with van der Waals surface area (Å²) in [5.74, 6) is -2.42. The van der Waals surface area contributed by atoms with Crippen LogP contribution >= 0.6 is 11.8 Å². The number of fused-ring (bicyclic) bond motifs is 1. The molecule has 21 heteroatoms. The molecule has 372 valence electrons. The fourth-order valence-electron chi connectivity index (χ4n) is 6.83. The van der Waals surface area contributed by atoms with Gasteiger partial charge in [-0.05, 0) is 96.9 Å². The Morgan fingerprint density at radius 3 is 2.06 bits per heavy atom. The summed E-state index contributed by atoms with van der Waals surface area (Å²) in [6, 6.07) is 8.75. The third kappa shape index (κ3) is 17.4. The van der Waals surface area contributed by atoms with E-state index in [0.717, 1.165) is 54.7 Å². The molecule has 67 heavy (non-hydrogen) atoms. The zero-order valence-electron chi connectivity index (χ0n) is 39.2. The van der Waals surface area contributed by atoms with E-state index < -0.39 is 65.2 Å². The van der Waals surface area contributed by atoms with E-state index in [1.165, 1.54) is 30.9 Å². The average molecular weight is 962 g/mol.